The number of aromatic nitrogens is 4. The minimum Gasteiger partial charge on any atom is -0.480 e. The predicted octanol–water partition coefficient (Wildman–Crippen LogP) is 3.15. The van der Waals surface area contributed by atoms with Crippen LogP contribution in [0.3, 0.4) is 0 Å². The summed E-state index contributed by atoms with van der Waals surface area (Å²) in [7, 11) is 0. The third-order valence-corrected chi connectivity index (χ3v) is 5.21. The maximum Gasteiger partial charge on any atom is 0.323 e. The highest BCUT2D eigenvalue weighted by atomic mass is 35.5. The topological polar surface area (TPSA) is 102 Å². The number of carboxylic acid groups (broad SMARTS) is 1. The largest absolute Gasteiger partial charge is 0.480 e. The van der Waals surface area contributed by atoms with Gasteiger partial charge in [0.15, 0.2) is 5.16 Å². The molecule has 0 atom stereocenters. The minimum absolute atomic E-state index is 0.127. The van der Waals surface area contributed by atoms with Gasteiger partial charge in [0, 0.05) is 10.7 Å². The van der Waals surface area contributed by atoms with Crippen molar-refractivity contribution in [3.05, 3.63) is 53.6 Å². The van der Waals surface area contributed by atoms with E-state index in [4.69, 9.17) is 11.6 Å². The van der Waals surface area contributed by atoms with Gasteiger partial charge in [-0.05, 0) is 36.4 Å². The molecule has 0 spiro atoms. The van der Waals surface area contributed by atoms with Crippen LogP contribution in [0.25, 0.3) is 16.8 Å². The first-order valence-corrected chi connectivity index (χ1v) is 9.61. The fourth-order valence-corrected chi connectivity index (χ4v) is 3.75. The highest BCUT2D eigenvalue weighted by Crippen LogP contribution is 2.26. The van der Waals surface area contributed by atoms with Crippen molar-refractivity contribution in [2.75, 3.05) is 11.1 Å². The summed E-state index contributed by atoms with van der Waals surface area (Å²) >= 11 is 7.06. The maximum absolute atomic E-state index is 12.2. The second-order valence-corrected chi connectivity index (χ2v) is 7.31. The molecule has 2 aromatic heterocycles. The lowest BCUT2D eigenvalue weighted by Crippen LogP contribution is -2.14. The number of aliphatic carboxylic acids is 1. The Bertz CT molecular complexity index is 1190. The van der Waals surface area contributed by atoms with Crippen LogP contribution >= 0.6 is 23.4 Å². The van der Waals surface area contributed by atoms with Crippen molar-refractivity contribution >= 4 is 57.7 Å². The summed E-state index contributed by atoms with van der Waals surface area (Å²) in [6, 6.07) is 14.2. The van der Waals surface area contributed by atoms with E-state index in [9.17, 15) is 14.7 Å². The number of benzene rings is 2. The second kappa shape index (κ2) is 7.53. The van der Waals surface area contributed by atoms with Crippen LogP contribution in [0.5, 0.6) is 0 Å². The highest BCUT2D eigenvalue weighted by molar-refractivity contribution is 7.99. The standard InChI is InChI=1S/C18H14ClN5O3S/c19-11-5-7-12(8-6-11)20-15(25)10-28-18-22-21-17-23(9-16(26)27)13-3-1-2-4-14(13)24(17)18/h1-8H,9-10H2,(H,20,25)(H,26,27). The Balaban J connectivity index is 1.58. The number of carbonyl (C=O) groups excluding carboxylic acids is 1. The zero-order valence-electron chi connectivity index (χ0n) is 14.4. The number of para-hydroxylation sites is 2. The van der Waals surface area contributed by atoms with Crippen molar-refractivity contribution in [3.8, 4) is 0 Å². The van der Waals surface area contributed by atoms with E-state index in [0.29, 0.717) is 21.6 Å². The lowest BCUT2D eigenvalue weighted by atomic mass is 10.3. The van der Waals surface area contributed by atoms with E-state index in [0.717, 1.165) is 11.0 Å². The number of nitrogens with zero attached hydrogens (tertiary/aromatic N) is 4. The van der Waals surface area contributed by atoms with Crippen LogP contribution in [0, 0.1) is 0 Å². The quantitative estimate of drug-likeness (QED) is 0.469. The molecule has 10 heteroatoms. The van der Waals surface area contributed by atoms with E-state index in [1.807, 2.05) is 24.3 Å². The van der Waals surface area contributed by atoms with Crippen LogP contribution in [0.2, 0.25) is 5.02 Å². The Kier molecular flexibility index (Phi) is 4.93. The molecule has 0 aliphatic rings. The van der Waals surface area contributed by atoms with Crippen molar-refractivity contribution in [1.29, 1.82) is 0 Å². The first kappa shape index (κ1) is 18.3. The predicted molar refractivity (Wildman–Crippen MR) is 107 cm³/mol. The number of nitrogens with one attached hydrogen (secondary N) is 1. The molecule has 4 aromatic rings. The molecule has 8 nitrogen and oxygen atoms in total. The molecule has 0 aliphatic heterocycles. The molecule has 0 saturated carbocycles. The molecule has 0 radical (unpaired) electrons. The van der Waals surface area contributed by atoms with Crippen molar-refractivity contribution in [1.82, 2.24) is 19.2 Å². The number of rotatable bonds is 6. The van der Waals surface area contributed by atoms with Gasteiger partial charge >= 0.3 is 5.97 Å². The van der Waals surface area contributed by atoms with E-state index in [2.05, 4.69) is 15.5 Å². The Morgan fingerprint density at radius 3 is 2.50 bits per heavy atom. The van der Waals surface area contributed by atoms with Crippen LogP contribution in [0.15, 0.2) is 53.7 Å². The molecule has 1 amide bonds. The number of imidazole rings is 1. The number of carbonyl (C=O) groups is 2. The smallest absolute Gasteiger partial charge is 0.323 e. The van der Waals surface area contributed by atoms with Crippen LogP contribution < -0.4 is 5.32 Å². The van der Waals surface area contributed by atoms with Gasteiger partial charge < -0.3 is 10.4 Å². The number of halogens is 1. The first-order chi connectivity index (χ1) is 13.5. The molecule has 2 N–H and O–H groups in total. The molecule has 0 aliphatic carbocycles. The van der Waals surface area contributed by atoms with Gasteiger partial charge in [-0.2, -0.15) is 0 Å². The summed E-state index contributed by atoms with van der Waals surface area (Å²) in [5.41, 5.74) is 2.17. The summed E-state index contributed by atoms with van der Waals surface area (Å²) in [5.74, 6) is -0.618. The van der Waals surface area contributed by atoms with Gasteiger partial charge in [0.1, 0.15) is 6.54 Å². The number of hydrogen-bond acceptors (Lipinski definition) is 5. The molecule has 4 rings (SSSR count). The molecule has 0 fully saturated rings. The van der Waals surface area contributed by atoms with E-state index in [1.165, 1.54) is 11.8 Å². The van der Waals surface area contributed by atoms with Crippen LogP contribution in [0.4, 0.5) is 5.69 Å². The number of hydrogen-bond donors (Lipinski definition) is 2. The van der Waals surface area contributed by atoms with Crippen LogP contribution in [-0.4, -0.2) is 41.9 Å². The van der Waals surface area contributed by atoms with E-state index in [1.54, 1.807) is 33.2 Å². The summed E-state index contributed by atoms with van der Waals surface area (Å²) in [6.45, 7) is -0.225. The minimum atomic E-state index is -0.970. The first-order valence-electron chi connectivity index (χ1n) is 8.25. The van der Waals surface area contributed by atoms with Gasteiger partial charge in [-0.3, -0.25) is 18.6 Å². The Morgan fingerprint density at radius 1 is 1.07 bits per heavy atom. The van der Waals surface area contributed by atoms with Crippen molar-refractivity contribution in [3.63, 3.8) is 0 Å². The van der Waals surface area contributed by atoms with Crippen molar-refractivity contribution in [2.24, 2.45) is 0 Å². The summed E-state index contributed by atoms with van der Waals surface area (Å²) in [4.78, 5) is 23.5. The SMILES string of the molecule is O=C(O)Cn1c2ccccc2n2c(SCC(=O)Nc3ccc(Cl)cc3)nnc12. The van der Waals surface area contributed by atoms with E-state index >= 15 is 0 Å². The number of fused-ring (bicyclic) bond motifs is 3. The molecule has 0 unspecified atom stereocenters. The molecular formula is C18H14ClN5O3S. The zero-order valence-corrected chi connectivity index (χ0v) is 15.9. The fourth-order valence-electron chi connectivity index (χ4n) is 2.88. The maximum atomic E-state index is 12.2. The average molecular weight is 416 g/mol. The molecule has 0 saturated heterocycles. The molecule has 2 heterocycles. The number of anilines is 1. The second-order valence-electron chi connectivity index (χ2n) is 5.93. The highest BCUT2D eigenvalue weighted by Gasteiger charge is 2.19. The van der Waals surface area contributed by atoms with Gasteiger partial charge in [-0.1, -0.05) is 35.5 Å². The van der Waals surface area contributed by atoms with Crippen LogP contribution in [-0.2, 0) is 16.1 Å². The average Bonchev–Trinajstić information content (AvgIpc) is 3.22. The summed E-state index contributed by atoms with van der Waals surface area (Å²) in [5, 5.41) is 21.4. The molecule has 0 bridgehead atoms. The van der Waals surface area contributed by atoms with Gasteiger partial charge in [0.2, 0.25) is 11.7 Å². The lowest BCUT2D eigenvalue weighted by molar-refractivity contribution is -0.137. The molecule has 28 heavy (non-hydrogen) atoms. The third kappa shape index (κ3) is 3.54. The molecular weight excluding hydrogens is 402 g/mol. The van der Waals surface area contributed by atoms with Gasteiger partial charge in [0.05, 0.1) is 16.8 Å². The van der Waals surface area contributed by atoms with E-state index < -0.39 is 5.97 Å². The molecule has 142 valence electrons. The van der Waals surface area contributed by atoms with Gasteiger partial charge in [-0.15, -0.1) is 10.2 Å². The lowest BCUT2D eigenvalue weighted by Gasteiger charge is -2.04. The third-order valence-electron chi connectivity index (χ3n) is 4.02. The summed E-state index contributed by atoms with van der Waals surface area (Å²) < 4.78 is 3.35. The van der Waals surface area contributed by atoms with Gasteiger partial charge in [-0.25, -0.2) is 0 Å². The fraction of sp³-hybridized carbons (Fsp3) is 0.111. The Labute approximate surface area is 168 Å². The number of thioether (sulfide) groups is 1. The van der Waals surface area contributed by atoms with Gasteiger partial charge in [0.25, 0.3) is 0 Å². The Morgan fingerprint density at radius 2 is 1.79 bits per heavy atom. The number of amides is 1. The zero-order chi connectivity index (χ0) is 19.7. The number of carboxylic acids is 1. The van der Waals surface area contributed by atoms with Crippen molar-refractivity contribution in [2.45, 2.75) is 11.7 Å². The monoisotopic (exact) mass is 415 g/mol. The Hall–Kier alpha value is -3.04. The van der Waals surface area contributed by atoms with Crippen LogP contribution in [0.1, 0.15) is 0 Å². The summed E-state index contributed by atoms with van der Waals surface area (Å²) in [6.07, 6.45) is 0. The van der Waals surface area contributed by atoms with Crippen molar-refractivity contribution < 1.29 is 14.7 Å². The normalized spacial score (nSPS) is 11.2. The van der Waals surface area contributed by atoms with E-state index in [-0.39, 0.29) is 18.2 Å². The molecule has 2 aromatic carbocycles.